The number of hydrogen-bond acceptors (Lipinski definition) is 5. The number of benzene rings is 1. The van der Waals surface area contributed by atoms with Crippen LogP contribution in [0.2, 0.25) is 0 Å². The van der Waals surface area contributed by atoms with Crippen molar-refractivity contribution >= 4 is 11.6 Å². The van der Waals surface area contributed by atoms with Crippen LogP contribution in [0.25, 0.3) is 11.4 Å². The maximum absolute atomic E-state index is 12.0. The number of aromatic amines is 1. The molecule has 1 aliphatic heterocycles. The van der Waals surface area contributed by atoms with Crippen molar-refractivity contribution < 1.29 is 9.53 Å². The van der Waals surface area contributed by atoms with E-state index in [0.29, 0.717) is 24.6 Å². The summed E-state index contributed by atoms with van der Waals surface area (Å²) in [5.74, 6) is 1.26. The van der Waals surface area contributed by atoms with Gasteiger partial charge in [0.1, 0.15) is 5.82 Å². The van der Waals surface area contributed by atoms with E-state index >= 15 is 0 Å². The summed E-state index contributed by atoms with van der Waals surface area (Å²) in [6, 6.07) is 7.46. The van der Waals surface area contributed by atoms with Gasteiger partial charge in [0.2, 0.25) is 5.91 Å². The molecule has 0 spiro atoms. The van der Waals surface area contributed by atoms with Crippen LogP contribution in [0.5, 0.6) is 0 Å². The standard InChI is InChI=1S/C17H23N5O2/c18-11-15-20-17(22-21-15)12-4-6-13(7-5-12)19-16(23)9-8-14-3-1-2-10-24-14/h4-7,14H,1-3,8-11,18H2,(H,19,23)(H,20,21,22). The smallest absolute Gasteiger partial charge is 0.224 e. The van der Waals surface area contributed by atoms with Crippen LogP contribution < -0.4 is 11.1 Å². The summed E-state index contributed by atoms with van der Waals surface area (Å²) in [6.07, 6.45) is 4.88. The molecule has 7 nitrogen and oxygen atoms in total. The zero-order valence-electron chi connectivity index (χ0n) is 13.6. The quantitative estimate of drug-likeness (QED) is 0.753. The summed E-state index contributed by atoms with van der Waals surface area (Å²) >= 11 is 0. The Kier molecular flexibility index (Phi) is 5.55. The molecule has 7 heteroatoms. The fourth-order valence-corrected chi connectivity index (χ4v) is 2.77. The molecule has 1 amide bonds. The molecule has 0 saturated carbocycles. The van der Waals surface area contributed by atoms with Gasteiger partial charge in [0.25, 0.3) is 0 Å². The first-order valence-electron chi connectivity index (χ1n) is 8.38. The second-order valence-electron chi connectivity index (χ2n) is 5.96. The van der Waals surface area contributed by atoms with Crippen molar-refractivity contribution in [3.05, 3.63) is 30.1 Å². The molecule has 1 unspecified atom stereocenters. The molecule has 0 radical (unpaired) electrons. The van der Waals surface area contributed by atoms with Gasteiger partial charge in [-0.2, -0.15) is 5.10 Å². The number of amides is 1. The first kappa shape index (κ1) is 16.6. The van der Waals surface area contributed by atoms with Crippen LogP contribution >= 0.6 is 0 Å². The highest BCUT2D eigenvalue weighted by Crippen LogP contribution is 2.19. The van der Waals surface area contributed by atoms with Crippen molar-refractivity contribution in [3.63, 3.8) is 0 Å². The number of carbonyl (C=O) groups excluding carboxylic acids is 1. The van der Waals surface area contributed by atoms with Gasteiger partial charge in [0.15, 0.2) is 5.82 Å². The van der Waals surface area contributed by atoms with Gasteiger partial charge >= 0.3 is 0 Å². The Labute approximate surface area is 141 Å². The van der Waals surface area contributed by atoms with Gasteiger partial charge in [-0.25, -0.2) is 4.98 Å². The monoisotopic (exact) mass is 329 g/mol. The molecule has 2 heterocycles. The highest BCUT2D eigenvalue weighted by Gasteiger charge is 2.15. The second kappa shape index (κ2) is 8.03. The number of nitrogens with one attached hydrogen (secondary N) is 2. The third-order valence-electron chi connectivity index (χ3n) is 4.12. The van der Waals surface area contributed by atoms with Crippen LogP contribution in [0, 0.1) is 0 Å². The molecule has 0 aliphatic carbocycles. The van der Waals surface area contributed by atoms with Gasteiger partial charge in [0.05, 0.1) is 12.6 Å². The van der Waals surface area contributed by atoms with Gasteiger partial charge in [-0.3, -0.25) is 9.89 Å². The van der Waals surface area contributed by atoms with E-state index in [9.17, 15) is 4.79 Å². The van der Waals surface area contributed by atoms with Crippen molar-refractivity contribution in [2.45, 2.75) is 44.8 Å². The predicted molar refractivity (Wildman–Crippen MR) is 91.2 cm³/mol. The highest BCUT2D eigenvalue weighted by atomic mass is 16.5. The third kappa shape index (κ3) is 4.39. The molecule has 3 rings (SSSR count). The van der Waals surface area contributed by atoms with E-state index in [2.05, 4.69) is 20.5 Å². The minimum Gasteiger partial charge on any atom is -0.378 e. The van der Waals surface area contributed by atoms with Gasteiger partial charge in [-0.15, -0.1) is 0 Å². The van der Waals surface area contributed by atoms with Crippen LogP contribution in [0.3, 0.4) is 0 Å². The predicted octanol–water partition coefficient (Wildman–Crippen LogP) is 2.22. The Balaban J connectivity index is 1.50. The van der Waals surface area contributed by atoms with E-state index in [1.807, 2.05) is 24.3 Å². The van der Waals surface area contributed by atoms with E-state index < -0.39 is 0 Å². The first-order valence-corrected chi connectivity index (χ1v) is 8.38. The van der Waals surface area contributed by atoms with Gasteiger partial charge in [0, 0.05) is 24.3 Å². The summed E-state index contributed by atoms with van der Waals surface area (Å²) in [5, 5.41) is 9.81. The van der Waals surface area contributed by atoms with Crippen molar-refractivity contribution in [2.75, 3.05) is 11.9 Å². The molecule has 1 aromatic carbocycles. The van der Waals surface area contributed by atoms with Crippen LogP contribution in [0.1, 0.15) is 37.9 Å². The van der Waals surface area contributed by atoms with Crippen LogP contribution in [-0.4, -0.2) is 33.8 Å². The third-order valence-corrected chi connectivity index (χ3v) is 4.12. The van der Waals surface area contributed by atoms with Crippen molar-refractivity contribution in [1.29, 1.82) is 0 Å². The molecule has 1 aromatic heterocycles. The fourth-order valence-electron chi connectivity index (χ4n) is 2.77. The topological polar surface area (TPSA) is 106 Å². The minimum atomic E-state index is 0.0141. The summed E-state index contributed by atoms with van der Waals surface area (Å²) in [7, 11) is 0. The van der Waals surface area contributed by atoms with E-state index in [4.69, 9.17) is 10.5 Å². The van der Waals surface area contributed by atoms with Crippen LogP contribution in [0.4, 0.5) is 5.69 Å². The highest BCUT2D eigenvalue weighted by molar-refractivity contribution is 5.90. The molecule has 4 N–H and O–H groups in total. The summed E-state index contributed by atoms with van der Waals surface area (Å²) in [6.45, 7) is 1.15. The summed E-state index contributed by atoms with van der Waals surface area (Å²) in [5.41, 5.74) is 7.15. The Morgan fingerprint density at radius 2 is 2.17 bits per heavy atom. The number of nitrogens with two attached hydrogens (primary N) is 1. The van der Waals surface area contributed by atoms with Crippen molar-refractivity contribution in [1.82, 2.24) is 15.2 Å². The number of hydrogen-bond donors (Lipinski definition) is 3. The average Bonchev–Trinajstić information content (AvgIpc) is 3.11. The van der Waals surface area contributed by atoms with Crippen molar-refractivity contribution in [3.8, 4) is 11.4 Å². The lowest BCUT2D eigenvalue weighted by Crippen LogP contribution is -2.21. The molecule has 128 valence electrons. The number of nitrogens with zero attached hydrogens (tertiary/aromatic N) is 2. The molecule has 0 bridgehead atoms. The first-order chi connectivity index (χ1) is 11.7. The maximum Gasteiger partial charge on any atom is 0.224 e. The van der Waals surface area contributed by atoms with Crippen molar-refractivity contribution in [2.24, 2.45) is 5.73 Å². The summed E-state index contributed by atoms with van der Waals surface area (Å²) in [4.78, 5) is 16.3. The van der Waals surface area contributed by atoms with E-state index in [-0.39, 0.29) is 12.0 Å². The molecule has 1 fully saturated rings. The zero-order valence-corrected chi connectivity index (χ0v) is 13.6. The summed E-state index contributed by atoms with van der Waals surface area (Å²) < 4.78 is 5.65. The van der Waals surface area contributed by atoms with Gasteiger partial charge in [-0.1, -0.05) is 0 Å². The lowest BCUT2D eigenvalue weighted by molar-refractivity contribution is -0.117. The van der Waals surface area contributed by atoms with E-state index in [1.165, 1.54) is 6.42 Å². The number of aromatic nitrogens is 3. The van der Waals surface area contributed by atoms with E-state index in [1.54, 1.807) is 0 Å². The molecule has 1 aliphatic rings. The molecule has 1 atom stereocenters. The lowest BCUT2D eigenvalue weighted by atomic mass is 10.0. The SMILES string of the molecule is NCc1nc(-c2ccc(NC(=O)CCC3CCCCO3)cc2)n[nH]1. The zero-order chi connectivity index (χ0) is 16.8. The number of H-pyrrole nitrogens is 1. The lowest BCUT2D eigenvalue weighted by Gasteiger charge is -2.22. The molecule has 1 saturated heterocycles. The normalized spacial score (nSPS) is 17.6. The Bertz CT molecular complexity index is 662. The Morgan fingerprint density at radius 1 is 1.33 bits per heavy atom. The van der Waals surface area contributed by atoms with Crippen LogP contribution in [0.15, 0.2) is 24.3 Å². The van der Waals surface area contributed by atoms with Gasteiger partial charge in [-0.05, 0) is 49.9 Å². The fraction of sp³-hybridized carbons (Fsp3) is 0.471. The van der Waals surface area contributed by atoms with Crippen LogP contribution in [-0.2, 0) is 16.1 Å². The minimum absolute atomic E-state index is 0.0141. The number of carbonyl (C=O) groups is 1. The molecular formula is C17H23N5O2. The van der Waals surface area contributed by atoms with E-state index in [0.717, 1.165) is 37.1 Å². The number of anilines is 1. The Morgan fingerprint density at radius 3 is 2.83 bits per heavy atom. The van der Waals surface area contributed by atoms with Gasteiger partial charge < -0.3 is 15.8 Å². The number of ether oxygens (including phenoxy) is 1. The molecule has 2 aromatic rings. The maximum atomic E-state index is 12.0. The largest absolute Gasteiger partial charge is 0.378 e. The molecule has 24 heavy (non-hydrogen) atoms. The number of rotatable bonds is 6. The molecular weight excluding hydrogens is 306 g/mol. The second-order valence-corrected chi connectivity index (χ2v) is 5.96. The Hall–Kier alpha value is -2.25. The average molecular weight is 329 g/mol.